The van der Waals surface area contributed by atoms with Gasteiger partial charge in [-0.2, -0.15) is 10.5 Å². The fourth-order valence-corrected chi connectivity index (χ4v) is 6.96. The first-order valence-electron chi connectivity index (χ1n) is 18.4. The summed E-state index contributed by atoms with van der Waals surface area (Å²) in [6.45, 7) is 4.49. The smallest absolute Gasteiger partial charge is 0.0998 e. The zero-order chi connectivity index (χ0) is 34.7. The minimum absolute atomic E-state index is 0.638. The van der Waals surface area contributed by atoms with Crippen LogP contribution in [0.5, 0.6) is 0 Å². The van der Waals surface area contributed by atoms with E-state index in [9.17, 15) is 10.5 Å². The molecule has 0 bridgehead atoms. The SMILES string of the molecule is CCCCCCc1ccc(/C=C/c2ccc3c(c2)c(C#N)cc2c4ccc(/C=C/c5ccc(CCCCCC)cc5)cc4c(C#N)cc32)cc1. The van der Waals surface area contributed by atoms with Crippen LogP contribution in [0.3, 0.4) is 0 Å². The van der Waals surface area contributed by atoms with Crippen molar-refractivity contribution in [2.45, 2.75) is 78.1 Å². The molecule has 6 aromatic rings. The van der Waals surface area contributed by atoms with Crippen molar-refractivity contribution in [2.75, 3.05) is 0 Å². The lowest BCUT2D eigenvalue weighted by atomic mass is 9.90. The predicted octanol–water partition coefficient (Wildman–Crippen LogP) is 13.5. The topological polar surface area (TPSA) is 47.6 Å². The summed E-state index contributed by atoms with van der Waals surface area (Å²) in [6.07, 6.45) is 21.0. The maximum absolute atomic E-state index is 10.3. The minimum atomic E-state index is 0.638. The molecule has 0 radical (unpaired) electrons. The van der Waals surface area contributed by atoms with Gasteiger partial charge in [-0.1, -0.05) is 149 Å². The average Bonchev–Trinajstić information content (AvgIpc) is 3.16. The third-order valence-electron chi connectivity index (χ3n) is 9.89. The zero-order valence-electron chi connectivity index (χ0n) is 29.5. The molecule has 0 spiro atoms. The Kier molecular flexibility index (Phi) is 11.6. The van der Waals surface area contributed by atoms with E-state index in [0.29, 0.717) is 11.1 Å². The molecule has 50 heavy (non-hydrogen) atoms. The van der Waals surface area contributed by atoms with E-state index in [-0.39, 0.29) is 0 Å². The standard InChI is InChI=1S/C48H46N2/c1-3-5-7-9-11-35-13-17-37(18-14-35)21-23-39-25-27-43-45(29-39)41(33-49)31-48-44-28-26-40(30-46(44)42(34-50)32-47(43)48)24-22-38-19-15-36(16-20-38)12-10-8-6-4-2/h13-32H,3-12H2,1-2H3/b23-21+,24-22+. The summed E-state index contributed by atoms with van der Waals surface area (Å²) < 4.78 is 0. The molecule has 0 aliphatic rings. The highest BCUT2D eigenvalue weighted by atomic mass is 14.3. The van der Waals surface area contributed by atoms with Crippen molar-refractivity contribution in [2.24, 2.45) is 0 Å². The quantitative estimate of drug-likeness (QED) is 0.0669. The molecule has 6 rings (SSSR count). The van der Waals surface area contributed by atoms with E-state index in [2.05, 4.69) is 135 Å². The van der Waals surface area contributed by atoms with Gasteiger partial charge in [-0.25, -0.2) is 0 Å². The fourth-order valence-electron chi connectivity index (χ4n) is 6.96. The number of benzene rings is 6. The number of rotatable bonds is 14. The summed E-state index contributed by atoms with van der Waals surface area (Å²) in [6, 6.07) is 39.2. The van der Waals surface area contributed by atoms with Gasteiger partial charge in [0, 0.05) is 10.8 Å². The van der Waals surface area contributed by atoms with Gasteiger partial charge in [0.2, 0.25) is 0 Å². The van der Waals surface area contributed by atoms with E-state index in [1.165, 1.54) is 62.5 Å². The molecule has 0 aliphatic heterocycles. The summed E-state index contributed by atoms with van der Waals surface area (Å²) in [5.74, 6) is 0. The molecule has 0 atom stereocenters. The summed E-state index contributed by atoms with van der Waals surface area (Å²) >= 11 is 0. The highest BCUT2D eigenvalue weighted by Crippen LogP contribution is 2.36. The summed E-state index contributed by atoms with van der Waals surface area (Å²) in [7, 11) is 0. The Morgan fingerprint density at radius 1 is 0.400 bits per heavy atom. The Hall–Kier alpha value is -5.44. The summed E-state index contributed by atoms with van der Waals surface area (Å²) in [5.41, 5.74) is 8.45. The Labute approximate surface area is 298 Å². The van der Waals surface area contributed by atoms with Gasteiger partial charge >= 0.3 is 0 Å². The second kappa shape index (κ2) is 16.8. The summed E-state index contributed by atoms with van der Waals surface area (Å²) in [4.78, 5) is 0. The number of hydrogen-bond donors (Lipinski definition) is 0. The molecular formula is C48H46N2. The molecule has 0 saturated carbocycles. The normalized spacial score (nSPS) is 11.6. The number of unbranched alkanes of at least 4 members (excludes halogenated alkanes) is 6. The van der Waals surface area contributed by atoms with Crippen LogP contribution in [0.15, 0.2) is 97.1 Å². The average molecular weight is 651 g/mol. The van der Waals surface area contributed by atoms with Gasteiger partial charge in [0.15, 0.2) is 0 Å². The Balaban J connectivity index is 1.26. The lowest BCUT2D eigenvalue weighted by Crippen LogP contribution is -1.90. The molecule has 0 saturated heterocycles. The molecule has 0 fully saturated rings. The lowest BCUT2D eigenvalue weighted by Gasteiger charge is -2.12. The molecule has 0 amide bonds. The third-order valence-corrected chi connectivity index (χ3v) is 9.89. The van der Waals surface area contributed by atoms with Crippen molar-refractivity contribution >= 4 is 56.6 Å². The van der Waals surface area contributed by atoms with Crippen LogP contribution in [0.4, 0.5) is 0 Å². The van der Waals surface area contributed by atoms with Gasteiger partial charge in [-0.05, 0) is 105 Å². The van der Waals surface area contributed by atoms with E-state index in [4.69, 9.17) is 0 Å². The van der Waals surface area contributed by atoms with Gasteiger partial charge in [-0.3, -0.25) is 0 Å². The molecule has 6 aromatic carbocycles. The monoisotopic (exact) mass is 650 g/mol. The summed E-state index contributed by atoms with van der Waals surface area (Å²) in [5, 5.41) is 26.3. The maximum atomic E-state index is 10.3. The second-order valence-electron chi connectivity index (χ2n) is 13.5. The molecular weight excluding hydrogens is 605 g/mol. The first-order valence-corrected chi connectivity index (χ1v) is 18.4. The first-order chi connectivity index (χ1) is 24.6. The van der Waals surface area contributed by atoms with Crippen LogP contribution in [0, 0.1) is 22.7 Å². The van der Waals surface area contributed by atoms with Crippen molar-refractivity contribution < 1.29 is 0 Å². The van der Waals surface area contributed by atoms with Crippen LogP contribution in [0.2, 0.25) is 0 Å². The van der Waals surface area contributed by atoms with Crippen molar-refractivity contribution in [1.82, 2.24) is 0 Å². The number of nitrogens with zero attached hydrogens (tertiary/aromatic N) is 2. The van der Waals surface area contributed by atoms with Gasteiger partial charge in [0.1, 0.15) is 0 Å². The molecule has 0 aromatic heterocycles. The minimum Gasteiger partial charge on any atom is -0.192 e. The lowest BCUT2D eigenvalue weighted by molar-refractivity contribution is 0.667. The van der Waals surface area contributed by atoms with E-state index in [0.717, 1.165) is 67.4 Å². The van der Waals surface area contributed by atoms with Crippen LogP contribution in [0.1, 0.15) is 110 Å². The second-order valence-corrected chi connectivity index (χ2v) is 13.5. The Bertz CT molecular complexity index is 2070. The fraction of sp³-hybridized carbons (Fsp3) is 0.250. The van der Waals surface area contributed by atoms with Crippen LogP contribution < -0.4 is 0 Å². The van der Waals surface area contributed by atoms with Gasteiger partial charge < -0.3 is 0 Å². The largest absolute Gasteiger partial charge is 0.192 e. The van der Waals surface area contributed by atoms with Gasteiger partial charge in [0.05, 0.1) is 23.3 Å². The van der Waals surface area contributed by atoms with E-state index >= 15 is 0 Å². The number of hydrogen-bond acceptors (Lipinski definition) is 2. The Morgan fingerprint density at radius 2 is 0.780 bits per heavy atom. The van der Waals surface area contributed by atoms with Crippen LogP contribution in [0.25, 0.3) is 56.6 Å². The highest BCUT2D eigenvalue weighted by Gasteiger charge is 2.13. The van der Waals surface area contributed by atoms with E-state index in [1.54, 1.807) is 0 Å². The molecule has 2 heteroatoms. The molecule has 0 aliphatic carbocycles. The molecule has 2 nitrogen and oxygen atoms in total. The molecule has 0 N–H and O–H groups in total. The van der Waals surface area contributed by atoms with Gasteiger partial charge in [0.25, 0.3) is 0 Å². The number of nitriles is 2. The van der Waals surface area contributed by atoms with Crippen LogP contribution in [-0.4, -0.2) is 0 Å². The number of aryl methyl sites for hydroxylation is 2. The van der Waals surface area contributed by atoms with E-state index in [1.807, 2.05) is 12.1 Å². The molecule has 0 heterocycles. The maximum Gasteiger partial charge on any atom is 0.0998 e. The third kappa shape index (κ3) is 8.22. The molecule has 248 valence electrons. The Morgan fingerprint density at radius 3 is 1.16 bits per heavy atom. The van der Waals surface area contributed by atoms with Crippen molar-refractivity contribution in [3.05, 3.63) is 142 Å². The predicted molar refractivity (Wildman–Crippen MR) is 215 cm³/mol. The van der Waals surface area contributed by atoms with Crippen molar-refractivity contribution in [1.29, 1.82) is 10.5 Å². The zero-order valence-corrected chi connectivity index (χ0v) is 29.5. The van der Waals surface area contributed by atoms with Crippen LogP contribution in [-0.2, 0) is 12.8 Å². The van der Waals surface area contributed by atoms with Gasteiger partial charge in [-0.15, -0.1) is 0 Å². The van der Waals surface area contributed by atoms with Crippen LogP contribution >= 0.6 is 0 Å². The van der Waals surface area contributed by atoms with Crippen molar-refractivity contribution in [3.63, 3.8) is 0 Å². The molecule has 0 unspecified atom stereocenters. The highest BCUT2D eigenvalue weighted by molar-refractivity contribution is 6.20. The number of fused-ring (bicyclic) bond motifs is 5. The van der Waals surface area contributed by atoms with E-state index < -0.39 is 0 Å². The van der Waals surface area contributed by atoms with Crippen molar-refractivity contribution in [3.8, 4) is 12.1 Å². The first kappa shape index (κ1) is 34.4.